The highest BCUT2D eigenvalue weighted by Crippen LogP contribution is 2.23. The number of hydrogen-bond donors (Lipinski definition) is 0. The molecule has 0 saturated heterocycles. The van der Waals surface area contributed by atoms with Crippen LogP contribution in [0.2, 0.25) is 0 Å². The Bertz CT molecular complexity index is 351. The predicted molar refractivity (Wildman–Crippen MR) is 43.2 cm³/mol. The van der Waals surface area contributed by atoms with Crippen LogP contribution >= 0.6 is 0 Å². The molecule has 62 valence electrons. The monoisotopic (exact) mass is 163 g/mol. The molecule has 0 aromatic carbocycles. The van der Waals surface area contributed by atoms with Crippen LogP contribution in [-0.2, 0) is 11.8 Å². The van der Waals surface area contributed by atoms with Gasteiger partial charge in [0.2, 0.25) is 0 Å². The van der Waals surface area contributed by atoms with Gasteiger partial charge in [-0.3, -0.25) is 9.48 Å². The smallest absolute Gasteiger partial charge is 0.156 e. The molecule has 0 aliphatic heterocycles. The molecule has 0 spiro atoms. The first kappa shape index (κ1) is 7.21. The standard InChI is InChI=1S/C8H9N3O/c1-11-5-8(9-10-11)6-2-3-7(12)4-6/h4-5H,2-3H2,1H3. The molecule has 12 heavy (non-hydrogen) atoms. The molecule has 0 saturated carbocycles. The molecule has 0 fully saturated rings. The number of ketones is 1. The van der Waals surface area contributed by atoms with Gasteiger partial charge in [-0.25, -0.2) is 0 Å². The molecular weight excluding hydrogens is 154 g/mol. The van der Waals surface area contributed by atoms with Gasteiger partial charge in [-0.05, 0) is 18.1 Å². The van der Waals surface area contributed by atoms with Gasteiger partial charge < -0.3 is 0 Å². The van der Waals surface area contributed by atoms with Crippen molar-refractivity contribution in [3.05, 3.63) is 18.0 Å². The van der Waals surface area contributed by atoms with Gasteiger partial charge >= 0.3 is 0 Å². The number of hydrogen-bond acceptors (Lipinski definition) is 3. The molecule has 1 aliphatic rings. The van der Waals surface area contributed by atoms with E-state index < -0.39 is 0 Å². The summed E-state index contributed by atoms with van der Waals surface area (Å²) in [6.07, 6.45) is 4.90. The number of rotatable bonds is 1. The van der Waals surface area contributed by atoms with E-state index in [4.69, 9.17) is 0 Å². The number of carbonyl (C=O) groups excluding carboxylic acids is 1. The average molecular weight is 163 g/mol. The second-order valence-corrected chi connectivity index (χ2v) is 2.91. The summed E-state index contributed by atoms with van der Waals surface area (Å²) in [5.41, 5.74) is 1.83. The maximum Gasteiger partial charge on any atom is 0.156 e. The van der Waals surface area contributed by atoms with Crippen LogP contribution in [0.5, 0.6) is 0 Å². The molecule has 0 N–H and O–H groups in total. The third kappa shape index (κ3) is 1.15. The van der Waals surface area contributed by atoms with E-state index in [1.54, 1.807) is 10.8 Å². The minimum absolute atomic E-state index is 0.190. The first-order valence-electron chi connectivity index (χ1n) is 3.86. The zero-order chi connectivity index (χ0) is 8.55. The second kappa shape index (κ2) is 2.55. The second-order valence-electron chi connectivity index (χ2n) is 2.91. The lowest BCUT2D eigenvalue weighted by Crippen LogP contribution is -1.85. The number of carbonyl (C=O) groups is 1. The van der Waals surface area contributed by atoms with Crippen LogP contribution in [0.25, 0.3) is 5.57 Å². The fourth-order valence-corrected chi connectivity index (χ4v) is 1.29. The van der Waals surface area contributed by atoms with Crippen molar-refractivity contribution < 1.29 is 4.79 Å². The van der Waals surface area contributed by atoms with Gasteiger partial charge in [0.1, 0.15) is 5.69 Å². The van der Waals surface area contributed by atoms with E-state index in [-0.39, 0.29) is 5.78 Å². The number of nitrogens with zero attached hydrogens (tertiary/aromatic N) is 3. The molecule has 1 aromatic rings. The van der Waals surface area contributed by atoms with Crippen molar-refractivity contribution in [2.75, 3.05) is 0 Å². The van der Waals surface area contributed by atoms with Crippen molar-refractivity contribution >= 4 is 11.4 Å². The zero-order valence-electron chi connectivity index (χ0n) is 6.82. The number of allylic oxidation sites excluding steroid dienone is 2. The van der Waals surface area contributed by atoms with Crippen LogP contribution in [0.1, 0.15) is 18.5 Å². The van der Waals surface area contributed by atoms with Crippen LogP contribution in [0.15, 0.2) is 12.3 Å². The van der Waals surface area contributed by atoms with Gasteiger partial charge in [0.15, 0.2) is 5.78 Å². The van der Waals surface area contributed by atoms with Gasteiger partial charge in [0, 0.05) is 13.5 Å². The lowest BCUT2D eigenvalue weighted by atomic mass is 10.2. The molecule has 2 rings (SSSR count). The van der Waals surface area contributed by atoms with Crippen molar-refractivity contribution in [3.8, 4) is 0 Å². The van der Waals surface area contributed by atoms with E-state index in [2.05, 4.69) is 10.3 Å². The van der Waals surface area contributed by atoms with Crippen LogP contribution < -0.4 is 0 Å². The highest BCUT2D eigenvalue weighted by molar-refractivity contribution is 6.01. The van der Waals surface area contributed by atoms with Crippen molar-refractivity contribution in [2.24, 2.45) is 7.05 Å². The van der Waals surface area contributed by atoms with E-state index >= 15 is 0 Å². The van der Waals surface area contributed by atoms with Crippen molar-refractivity contribution in [1.82, 2.24) is 15.0 Å². The maximum absolute atomic E-state index is 10.9. The molecular formula is C8H9N3O. The van der Waals surface area contributed by atoms with E-state index in [0.29, 0.717) is 6.42 Å². The molecule has 4 nitrogen and oxygen atoms in total. The van der Waals surface area contributed by atoms with E-state index in [9.17, 15) is 4.79 Å². The normalized spacial score (nSPS) is 16.8. The first-order valence-corrected chi connectivity index (χ1v) is 3.86. The van der Waals surface area contributed by atoms with Crippen molar-refractivity contribution in [2.45, 2.75) is 12.8 Å². The predicted octanol–water partition coefficient (Wildman–Crippen LogP) is 0.561. The lowest BCUT2D eigenvalue weighted by molar-refractivity contribution is -0.114. The summed E-state index contributed by atoms with van der Waals surface area (Å²) in [7, 11) is 1.81. The molecule has 1 aliphatic carbocycles. The third-order valence-corrected chi connectivity index (χ3v) is 1.91. The minimum atomic E-state index is 0.190. The fourth-order valence-electron chi connectivity index (χ4n) is 1.29. The van der Waals surface area contributed by atoms with Gasteiger partial charge in [-0.2, -0.15) is 0 Å². The average Bonchev–Trinajstić information content (AvgIpc) is 2.58. The van der Waals surface area contributed by atoms with E-state index in [1.165, 1.54) is 0 Å². The Hall–Kier alpha value is -1.45. The molecule has 0 bridgehead atoms. The summed E-state index contributed by atoms with van der Waals surface area (Å²) < 4.78 is 1.64. The number of aryl methyl sites for hydroxylation is 1. The summed E-state index contributed by atoms with van der Waals surface area (Å²) in [6, 6.07) is 0. The summed E-state index contributed by atoms with van der Waals surface area (Å²) in [5.74, 6) is 0.190. The Morgan fingerprint density at radius 1 is 1.50 bits per heavy atom. The minimum Gasteiger partial charge on any atom is -0.295 e. The van der Waals surface area contributed by atoms with Crippen LogP contribution in [0.4, 0.5) is 0 Å². The molecule has 0 atom stereocenters. The molecule has 0 amide bonds. The molecule has 0 unspecified atom stereocenters. The zero-order valence-corrected chi connectivity index (χ0v) is 6.82. The van der Waals surface area contributed by atoms with Crippen molar-refractivity contribution in [3.63, 3.8) is 0 Å². The van der Waals surface area contributed by atoms with Gasteiger partial charge in [-0.1, -0.05) is 5.21 Å². The van der Waals surface area contributed by atoms with E-state index in [1.807, 2.05) is 13.2 Å². The lowest BCUT2D eigenvalue weighted by Gasteiger charge is -1.90. The van der Waals surface area contributed by atoms with Crippen LogP contribution in [0, 0.1) is 0 Å². The summed E-state index contributed by atoms with van der Waals surface area (Å²) >= 11 is 0. The summed E-state index contributed by atoms with van der Waals surface area (Å²) in [6.45, 7) is 0. The molecule has 0 radical (unpaired) electrons. The first-order chi connectivity index (χ1) is 5.75. The molecule has 1 heterocycles. The molecule has 4 heteroatoms. The van der Waals surface area contributed by atoms with Gasteiger partial charge in [0.05, 0.1) is 6.20 Å². The van der Waals surface area contributed by atoms with Gasteiger partial charge in [0.25, 0.3) is 0 Å². The highest BCUT2D eigenvalue weighted by Gasteiger charge is 2.15. The topological polar surface area (TPSA) is 47.8 Å². The third-order valence-electron chi connectivity index (χ3n) is 1.91. The van der Waals surface area contributed by atoms with Crippen LogP contribution in [0.3, 0.4) is 0 Å². The van der Waals surface area contributed by atoms with Crippen molar-refractivity contribution in [1.29, 1.82) is 0 Å². The Morgan fingerprint density at radius 2 is 2.33 bits per heavy atom. The molecule has 1 aromatic heterocycles. The summed E-state index contributed by atoms with van der Waals surface area (Å²) in [4.78, 5) is 10.9. The fraction of sp³-hybridized carbons (Fsp3) is 0.375. The Balaban J connectivity index is 2.32. The van der Waals surface area contributed by atoms with Crippen LogP contribution in [-0.4, -0.2) is 20.8 Å². The maximum atomic E-state index is 10.9. The van der Waals surface area contributed by atoms with E-state index in [0.717, 1.165) is 17.7 Å². The Morgan fingerprint density at radius 3 is 2.83 bits per heavy atom. The Labute approximate surface area is 69.9 Å². The summed E-state index contributed by atoms with van der Waals surface area (Å²) in [5, 5.41) is 7.73. The quantitative estimate of drug-likeness (QED) is 0.607. The SMILES string of the molecule is Cn1cc(C2=CC(=O)CC2)nn1. The highest BCUT2D eigenvalue weighted by atomic mass is 16.1. The Kier molecular flexibility index (Phi) is 1.53. The number of aromatic nitrogens is 3. The van der Waals surface area contributed by atoms with Gasteiger partial charge in [-0.15, -0.1) is 5.10 Å². The largest absolute Gasteiger partial charge is 0.295 e.